The van der Waals surface area contributed by atoms with E-state index in [1.54, 1.807) is 0 Å². The highest BCUT2D eigenvalue weighted by Crippen LogP contribution is 2.50. The van der Waals surface area contributed by atoms with Gasteiger partial charge in [0.05, 0.1) is 11.1 Å². The summed E-state index contributed by atoms with van der Waals surface area (Å²) in [5, 5.41) is 2.44. The first kappa shape index (κ1) is 16.6. The molecule has 0 fully saturated rings. The lowest BCUT2D eigenvalue weighted by molar-refractivity contribution is 0.617. The summed E-state index contributed by atoms with van der Waals surface area (Å²) in [7, 11) is 0. The average Bonchev–Trinajstić information content (AvgIpc) is 3.00. The van der Waals surface area contributed by atoms with Crippen LogP contribution in [0.4, 0.5) is 0 Å². The quantitative estimate of drug-likeness (QED) is 0.395. The van der Waals surface area contributed by atoms with Gasteiger partial charge in [-0.3, -0.25) is 4.98 Å². The van der Waals surface area contributed by atoms with Crippen molar-refractivity contribution in [2.45, 2.75) is 46.5 Å². The third-order valence-electron chi connectivity index (χ3n) is 6.06. The highest BCUT2D eigenvalue weighted by atomic mass is 16.3. The van der Waals surface area contributed by atoms with Crippen molar-refractivity contribution in [1.82, 2.24) is 4.98 Å². The first-order valence-corrected chi connectivity index (χ1v) is 9.83. The van der Waals surface area contributed by atoms with E-state index in [1.807, 2.05) is 6.20 Å². The van der Waals surface area contributed by atoms with Crippen molar-refractivity contribution in [3.63, 3.8) is 0 Å². The van der Waals surface area contributed by atoms with Crippen LogP contribution in [0.15, 0.2) is 47.0 Å². The zero-order valence-electron chi connectivity index (χ0n) is 16.7. The molecule has 2 heteroatoms. The van der Waals surface area contributed by atoms with E-state index in [2.05, 4.69) is 71.0 Å². The molecule has 0 bridgehead atoms. The zero-order chi connectivity index (χ0) is 18.9. The van der Waals surface area contributed by atoms with Crippen molar-refractivity contribution in [3.8, 4) is 11.3 Å². The number of aryl methyl sites for hydroxylation is 1. The Bertz CT molecular complexity index is 1210. The molecule has 2 nitrogen and oxygen atoms in total. The summed E-state index contributed by atoms with van der Waals surface area (Å²) in [4.78, 5) is 4.89. The van der Waals surface area contributed by atoms with Gasteiger partial charge in [-0.25, -0.2) is 0 Å². The Balaban J connectivity index is 2.04. The number of hydrogen-bond donors (Lipinski definition) is 0. The number of benzene rings is 2. The predicted octanol–water partition coefficient (Wildman–Crippen LogP) is 6.79. The van der Waals surface area contributed by atoms with Crippen LogP contribution < -0.4 is 0 Å². The van der Waals surface area contributed by atoms with Gasteiger partial charge in [-0.1, -0.05) is 64.1 Å². The topological polar surface area (TPSA) is 26.0 Å². The molecule has 0 saturated heterocycles. The van der Waals surface area contributed by atoms with Crippen molar-refractivity contribution in [3.05, 3.63) is 64.8 Å². The van der Waals surface area contributed by atoms with E-state index in [4.69, 9.17) is 9.40 Å². The fraction of sp³-hybridized carbons (Fsp3) is 0.320. The minimum Gasteiger partial charge on any atom is -0.455 e. The van der Waals surface area contributed by atoms with E-state index in [1.165, 1.54) is 33.0 Å². The molecule has 1 aliphatic carbocycles. The summed E-state index contributed by atoms with van der Waals surface area (Å²) in [5.74, 6) is 0.585. The van der Waals surface area contributed by atoms with Gasteiger partial charge in [-0.2, -0.15) is 0 Å². The van der Waals surface area contributed by atoms with Crippen LogP contribution in [0.3, 0.4) is 0 Å². The molecular formula is C25H25NO. The van der Waals surface area contributed by atoms with E-state index < -0.39 is 0 Å². The van der Waals surface area contributed by atoms with Crippen molar-refractivity contribution in [2.75, 3.05) is 0 Å². The molecule has 0 radical (unpaired) electrons. The molecule has 1 aliphatic rings. The molecule has 2 aromatic carbocycles. The van der Waals surface area contributed by atoms with Crippen molar-refractivity contribution >= 4 is 21.9 Å². The van der Waals surface area contributed by atoms with E-state index in [9.17, 15) is 0 Å². The fourth-order valence-electron chi connectivity index (χ4n) is 4.75. The van der Waals surface area contributed by atoms with Crippen LogP contribution in [-0.4, -0.2) is 4.98 Å². The van der Waals surface area contributed by atoms with Gasteiger partial charge in [-0.05, 0) is 36.0 Å². The van der Waals surface area contributed by atoms with Crippen LogP contribution in [-0.2, 0) is 11.8 Å². The molecule has 2 heterocycles. The average molecular weight is 355 g/mol. The number of furan rings is 1. The normalized spacial score (nSPS) is 14.9. The van der Waals surface area contributed by atoms with Gasteiger partial charge in [0, 0.05) is 28.1 Å². The molecule has 27 heavy (non-hydrogen) atoms. The van der Waals surface area contributed by atoms with Gasteiger partial charge < -0.3 is 4.42 Å². The highest BCUT2D eigenvalue weighted by molar-refractivity contribution is 6.16. The minimum atomic E-state index is -0.114. The van der Waals surface area contributed by atoms with Gasteiger partial charge in [0.15, 0.2) is 0 Å². The zero-order valence-corrected chi connectivity index (χ0v) is 16.7. The second kappa shape index (κ2) is 5.45. The van der Waals surface area contributed by atoms with Gasteiger partial charge in [0.2, 0.25) is 0 Å². The van der Waals surface area contributed by atoms with Crippen LogP contribution >= 0.6 is 0 Å². The van der Waals surface area contributed by atoms with Crippen LogP contribution in [0.25, 0.3) is 33.2 Å². The lowest BCUT2D eigenvalue weighted by atomic mass is 9.75. The number of hydrogen-bond acceptors (Lipinski definition) is 2. The Hall–Kier alpha value is -2.61. The maximum Gasteiger partial charge on any atom is 0.142 e. The van der Waals surface area contributed by atoms with Gasteiger partial charge in [-0.15, -0.1) is 0 Å². The molecule has 5 rings (SSSR count). The Morgan fingerprint density at radius 3 is 2.52 bits per heavy atom. The third kappa shape index (κ3) is 2.16. The molecule has 0 saturated carbocycles. The van der Waals surface area contributed by atoms with Crippen molar-refractivity contribution < 1.29 is 4.42 Å². The molecule has 2 aromatic heterocycles. The van der Waals surface area contributed by atoms with Crippen LogP contribution in [0.1, 0.15) is 49.9 Å². The third-order valence-corrected chi connectivity index (χ3v) is 6.06. The SMILES string of the molecule is Cc1cnc2c3c1oc1c(CC(C)C)ccc(c13)C(C)(C)c1ccccc1-2. The molecule has 136 valence electrons. The van der Waals surface area contributed by atoms with Gasteiger partial charge in [0.25, 0.3) is 0 Å². The largest absolute Gasteiger partial charge is 0.455 e. The number of nitrogens with zero attached hydrogens (tertiary/aromatic N) is 1. The standard InChI is InChI=1S/C25H25NO/c1-14(2)12-16-10-11-19-20-21-22(26-13-15(3)23(21)27-24(16)20)17-8-6-7-9-18(17)25(19,4)5/h6-11,13-14H,12H2,1-5H3. The van der Waals surface area contributed by atoms with Gasteiger partial charge >= 0.3 is 0 Å². The fourth-order valence-corrected chi connectivity index (χ4v) is 4.75. The second-order valence-corrected chi connectivity index (χ2v) is 8.84. The molecule has 0 amide bonds. The molecule has 0 aliphatic heterocycles. The number of aromatic nitrogens is 1. The van der Waals surface area contributed by atoms with Crippen molar-refractivity contribution in [2.24, 2.45) is 5.92 Å². The van der Waals surface area contributed by atoms with E-state index in [0.29, 0.717) is 5.92 Å². The van der Waals surface area contributed by atoms with Gasteiger partial charge in [0.1, 0.15) is 11.2 Å². The Labute approximate surface area is 160 Å². The summed E-state index contributed by atoms with van der Waals surface area (Å²) in [6.07, 6.45) is 2.97. The van der Waals surface area contributed by atoms with Crippen LogP contribution in [0, 0.1) is 12.8 Å². The van der Waals surface area contributed by atoms with E-state index in [0.717, 1.165) is 28.8 Å². The van der Waals surface area contributed by atoms with Crippen LogP contribution in [0.2, 0.25) is 0 Å². The number of fused-ring (bicyclic) bond motifs is 2. The summed E-state index contributed by atoms with van der Waals surface area (Å²) < 4.78 is 6.54. The second-order valence-electron chi connectivity index (χ2n) is 8.84. The summed E-state index contributed by atoms with van der Waals surface area (Å²) >= 11 is 0. The molecule has 0 unspecified atom stereocenters. The van der Waals surface area contributed by atoms with E-state index >= 15 is 0 Å². The summed E-state index contributed by atoms with van der Waals surface area (Å²) in [5.41, 5.74) is 9.26. The minimum absolute atomic E-state index is 0.114. The Morgan fingerprint density at radius 2 is 1.74 bits per heavy atom. The summed E-state index contributed by atoms with van der Waals surface area (Å²) in [6, 6.07) is 13.3. The lowest BCUT2D eigenvalue weighted by Crippen LogP contribution is -2.19. The Kier molecular flexibility index (Phi) is 3.34. The molecule has 4 aromatic rings. The maximum atomic E-state index is 6.54. The first-order chi connectivity index (χ1) is 12.9. The van der Waals surface area contributed by atoms with E-state index in [-0.39, 0.29) is 5.41 Å². The van der Waals surface area contributed by atoms with Crippen molar-refractivity contribution in [1.29, 1.82) is 0 Å². The number of rotatable bonds is 2. The monoisotopic (exact) mass is 355 g/mol. The molecule has 0 atom stereocenters. The molecule has 0 spiro atoms. The summed E-state index contributed by atoms with van der Waals surface area (Å²) in [6.45, 7) is 11.3. The molecule has 0 N–H and O–H groups in total. The smallest absolute Gasteiger partial charge is 0.142 e. The predicted molar refractivity (Wildman–Crippen MR) is 112 cm³/mol. The number of pyridine rings is 1. The molecular weight excluding hydrogens is 330 g/mol. The highest BCUT2D eigenvalue weighted by Gasteiger charge is 2.35. The maximum absolute atomic E-state index is 6.54. The first-order valence-electron chi connectivity index (χ1n) is 9.83. The lowest BCUT2D eigenvalue weighted by Gasteiger charge is -2.28. The van der Waals surface area contributed by atoms with Crippen LogP contribution in [0.5, 0.6) is 0 Å². The Morgan fingerprint density at radius 1 is 0.963 bits per heavy atom.